The first kappa shape index (κ1) is 11.9. The van der Waals surface area contributed by atoms with Crippen molar-refractivity contribution in [2.75, 3.05) is 6.54 Å². The summed E-state index contributed by atoms with van der Waals surface area (Å²) in [4.78, 5) is 21.7. The number of aromatic nitrogens is 2. The molecule has 86 valence electrons. The van der Waals surface area contributed by atoms with Gasteiger partial charge in [-0.25, -0.2) is 0 Å². The van der Waals surface area contributed by atoms with Gasteiger partial charge in [0.1, 0.15) is 6.20 Å². The fraction of sp³-hybridized carbons (Fsp3) is 0.333. The van der Waals surface area contributed by atoms with Crippen LogP contribution in [-0.2, 0) is 6.54 Å². The van der Waals surface area contributed by atoms with Crippen molar-refractivity contribution in [3.63, 3.8) is 0 Å². The molecule has 0 unspecified atom stereocenters. The molecule has 0 aliphatic rings. The van der Waals surface area contributed by atoms with E-state index in [0.717, 1.165) is 6.20 Å². The maximum atomic E-state index is 11.6. The van der Waals surface area contributed by atoms with Crippen molar-refractivity contribution in [3.8, 4) is 0 Å². The molecule has 0 saturated heterocycles. The van der Waals surface area contributed by atoms with Crippen LogP contribution in [0.15, 0.2) is 18.9 Å². The summed E-state index contributed by atoms with van der Waals surface area (Å²) in [7, 11) is 0. The van der Waals surface area contributed by atoms with Crippen LogP contribution in [0.5, 0.6) is 0 Å². The lowest BCUT2D eigenvalue weighted by Crippen LogP contribution is -2.26. The van der Waals surface area contributed by atoms with Gasteiger partial charge in [0.25, 0.3) is 5.91 Å². The lowest BCUT2D eigenvalue weighted by molar-refractivity contribution is -0.385. The molecule has 1 rings (SSSR count). The zero-order valence-corrected chi connectivity index (χ0v) is 8.84. The van der Waals surface area contributed by atoms with Crippen molar-refractivity contribution in [3.05, 3.63) is 34.7 Å². The van der Waals surface area contributed by atoms with E-state index in [9.17, 15) is 14.9 Å². The van der Waals surface area contributed by atoms with Crippen LogP contribution >= 0.6 is 0 Å². The average molecular weight is 224 g/mol. The molecule has 1 heterocycles. The molecule has 1 amide bonds. The highest BCUT2D eigenvalue weighted by Crippen LogP contribution is 2.17. The molecule has 0 spiro atoms. The second-order valence-electron chi connectivity index (χ2n) is 2.95. The van der Waals surface area contributed by atoms with Crippen LogP contribution < -0.4 is 5.32 Å². The van der Waals surface area contributed by atoms with Crippen molar-refractivity contribution < 1.29 is 9.72 Å². The SMILES string of the molecule is C=CCNC(=O)c1c([N+](=O)[O-])cnn1CC. The minimum Gasteiger partial charge on any atom is -0.347 e. The molecule has 0 aliphatic heterocycles. The summed E-state index contributed by atoms with van der Waals surface area (Å²) in [5.74, 6) is -0.522. The molecule has 1 aromatic heterocycles. The Morgan fingerprint density at radius 1 is 1.81 bits per heavy atom. The molecule has 1 aromatic rings. The van der Waals surface area contributed by atoms with Crippen molar-refractivity contribution in [2.45, 2.75) is 13.5 Å². The fourth-order valence-corrected chi connectivity index (χ4v) is 1.23. The molecule has 0 atom stereocenters. The highest BCUT2D eigenvalue weighted by atomic mass is 16.6. The first-order valence-corrected chi connectivity index (χ1v) is 4.71. The Morgan fingerprint density at radius 3 is 3.00 bits per heavy atom. The minimum atomic E-state index is -0.623. The molecule has 0 aromatic carbocycles. The third kappa shape index (κ3) is 2.25. The van der Waals surface area contributed by atoms with Crippen LogP contribution in [0.3, 0.4) is 0 Å². The summed E-state index contributed by atoms with van der Waals surface area (Å²) in [6.07, 6.45) is 2.57. The van der Waals surface area contributed by atoms with Crippen molar-refractivity contribution in [1.82, 2.24) is 15.1 Å². The van der Waals surface area contributed by atoms with E-state index < -0.39 is 10.8 Å². The van der Waals surface area contributed by atoms with Gasteiger partial charge in [-0.15, -0.1) is 6.58 Å². The van der Waals surface area contributed by atoms with Crippen LogP contribution in [0, 0.1) is 10.1 Å². The monoisotopic (exact) mass is 224 g/mol. The third-order valence-corrected chi connectivity index (χ3v) is 1.94. The third-order valence-electron chi connectivity index (χ3n) is 1.94. The summed E-state index contributed by atoms with van der Waals surface area (Å²) >= 11 is 0. The maximum Gasteiger partial charge on any atom is 0.320 e. The first-order chi connectivity index (χ1) is 7.61. The summed E-state index contributed by atoms with van der Waals surface area (Å²) < 4.78 is 1.29. The molecule has 0 bridgehead atoms. The Balaban J connectivity index is 3.07. The summed E-state index contributed by atoms with van der Waals surface area (Å²) in [6, 6.07) is 0. The van der Waals surface area contributed by atoms with Crippen molar-refractivity contribution in [2.24, 2.45) is 0 Å². The number of carbonyl (C=O) groups is 1. The smallest absolute Gasteiger partial charge is 0.320 e. The van der Waals surface area contributed by atoms with Gasteiger partial charge in [0, 0.05) is 13.1 Å². The lowest BCUT2D eigenvalue weighted by atomic mass is 10.3. The second kappa shape index (κ2) is 5.06. The second-order valence-corrected chi connectivity index (χ2v) is 2.95. The zero-order chi connectivity index (χ0) is 12.1. The number of nitro groups is 1. The van der Waals surface area contributed by atoms with E-state index in [1.54, 1.807) is 6.92 Å². The van der Waals surface area contributed by atoms with E-state index >= 15 is 0 Å². The number of nitrogens with one attached hydrogen (secondary N) is 1. The summed E-state index contributed by atoms with van der Waals surface area (Å²) in [5, 5.41) is 16.9. The largest absolute Gasteiger partial charge is 0.347 e. The Labute approximate surface area is 91.9 Å². The van der Waals surface area contributed by atoms with E-state index in [4.69, 9.17) is 0 Å². The molecule has 7 nitrogen and oxygen atoms in total. The Bertz CT molecular complexity index is 424. The number of rotatable bonds is 5. The Morgan fingerprint density at radius 2 is 2.50 bits per heavy atom. The van der Waals surface area contributed by atoms with E-state index in [1.165, 1.54) is 10.8 Å². The van der Waals surface area contributed by atoms with Gasteiger partial charge in [0.2, 0.25) is 5.69 Å². The molecule has 7 heteroatoms. The minimum absolute atomic E-state index is 0.0330. The predicted octanol–water partition coefficient (Wildman–Crippen LogP) is 0.727. The molecule has 1 N–H and O–H groups in total. The van der Waals surface area contributed by atoms with Gasteiger partial charge in [-0.1, -0.05) is 6.08 Å². The molecule has 0 radical (unpaired) electrons. The van der Waals surface area contributed by atoms with Crippen molar-refractivity contribution >= 4 is 11.6 Å². The normalized spacial score (nSPS) is 9.81. The number of hydrogen-bond acceptors (Lipinski definition) is 4. The van der Waals surface area contributed by atoms with E-state index in [0.29, 0.717) is 6.54 Å². The molecule has 0 saturated carbocycles. The van der Waals surface area contributed by atoms with Crippen LogP contribution in [-0.4, -0.2) is 27.2 Å². The molecule has 16 heavy (non-hydrogen) atoms. The molecule has 0 fully saturated rings. The van der Waals surface area contributed by atoms with Gasteiger partial charge in [-0.05, 0) is 6.92 Å². The molecular weight excluding hydrogens is 212 g/mol. The van der Waals surface area contributed by atoms with Gasteiger partial charge < -0.3 is 5.32 Å². The van der Waals surface area contributed by atoms with E-state index in [-0.39, 0.29) is 17.9 Å². The Hall–Kier alpha value is -2.18. The highest BCUT2D eigenvalue weighted by Gasteiger charge is 2.25. The summed E-state index contributed by atoms with van der Waals surface area (Å²) in [5.41, 5.74) is -0.322. The van der Waals surface area contributed by atoms with Crippen molar-refractivity contribution in [1.29, 1.82) is 0 Å². The number of nitrogens with zero attached hydrogens (tertiary/aromatic N) is 3. The maximum absolute atomic E-state index is 11.6. The number of amides is 1. The fourth-order valence-electron chi connectivity index (χ4n) is 1.23. The number of aryl methyl sites for hydroxylation is 1. The van der Waals surface area contributed by atoms with Gasteiger partial charge in [0.05, 0.1) is 4.92 Å². The van der Waals surface area contributed by atoms with E-state index in [1.807, 2.05) is 0 Å². The zero-order valence-electron chi connectivity index (χ0n) is 8.84. The molecular formula is C9H12N4O3. The lowest BCUT2D eigenvalue weighted by Gasteiger charge is -2.03. The number of hydrogen-bond donors (Lipinski definition) is 1. The highest BCUT2D eigenvalue weighted by molar-refractivity contribution is 5.96. The standard InChI is InChI=1S/C9H12N4O3/c1-3-5-10-9(14)8-7(13(15)16)6-11-12(8)4-2/h3,6H,1,4-5H2,2H3,(H,10,14). The number of carbonyl (C=O) groups excluding carboxylic acids is 1. The van der Waals surface area contributed by atoms with Gasteiger partial charge >= 0.3 is 5.69 Å². The van der Waals surface area contributed by atoms with Crippen LogP contribution in [0.2, 0.25) is 0 Å². The van der Waals surface area contributed by atoms with Gasteiger partial charge in [0.15, 0.2) is 0 Å². The quantitative estimate of drug-likeness (QED) is 0.453. The van der Waals surface area contributed by atoms with Crippen LogP contribution in [0.25, 0.3) is 0 Å². The average Bonchev–Trinajstić information content (AvgIpc) is 2.69. The first-order valence-electron chi connectivity index (χ1n) is 4.71. The van der Waals surface area contributed by atoms with Crippen LogP contribution in [0.4, 0.5) is 5.69 Å². The predicted molar refractivity (Wildman–Crippen MR) is 57.1 cm³/mol. The Kier molecular flexibility index (Phi) is 3.76. The van der Waals surface area contributed by atoms with E-state index in [2.05, 4.69) is 17.0 Å². The molecule has 0 aliphatic carbocycles. The van der Waals surface area contributed by atoms with Crippen LogP contribution in [0.1, 0.15) is 17.4 Å². The van der Waals surface area contributed by atoms with Gasteiger partial charge in [-0.2, -0.15) is 5.10 Å². The summed E-state index contributed by atoms with van der Waals surface area (Å²) in [6.45, 7) is 5.84. The van der Waals surface area contributed by atoms with Gasteiger partial charge in [-0.3, -0.25) is 19.6 Å². The topological polar surface area (TPSA) is 90.1 Å².